The molecule has 2 heterocycles. The molecule has 2 aromatic carbocycles. The third-order valence-corrected chi connectivity index (χ3v) is 4.61. The fourth-order valence-electron chi connectivity index (χ4n) is 3.36. The lowest BCUT2D eigenvalue weighted by Crippen LogP contribution is -2.18. The van der Waals surface area contributed by atoms with Crippen LogP contribution in [0.15, 0.2) is 60.9 Å². The van der Waals surface area contributed by atoms with Gasteiger partial charge in [-0.15, -0.1) is 0 Å². The molecule has 0 aliphatic heterocycles. The molecule has 0 atom stereocenters. The fraction of sp³-hybridized carbons (Fsp3) is 0.143. The summed E-state index contributed by atoms with van der Waals surface area (Å²) in [6, 6.07) is 15.5. The summed E-state index contributed by atoms with van der Waals surface area (Å²) in [5.41, 5.74) is 3.48. The molecule has 27 heavy (non-hydrogen) atoms. The first-order valence-corrected chi connectivity index (χ1v) is 8.71. The number of nitrogens with one attached hydrogen (secondary N) is 2. The SMILES string of the molecule is CC(=O)Nc1cccc2c1ccn2CC(=O)Nc1ccc2ccn(C)c2c1. The second kappa shape index (κ2) is 6.64. The van der Waals surface area contributed by atoms with Crippen molar-refractivity contribution < 1.29 is 9.59 Å². The molecule has 4 aromatic rings. The smallest absolute Gasteiger partial charge is 0.244 e. The van der Waals surface area contributed by atoms with Gasteiger partial charge in [0.2, 0.25) is 11.8 Å². The Labute approximate surface area is 156 Å². The predicted molar refractivity (Wildman–Crippen MR) is 108 cm³/mol. The molecule has 0 saturated carbocycles. The number of carbonyl (C=O) groups is 2. The zero-order chi connectivity index (χ0) is 19.0. The van der Waals surface area contributed by atoms with E-state index in [0.29, 0.717) is 0 Å². The number of anilines is 2. The van der Waals surface area contributed by atoms with E-state index < -0.39 is 0 Å². The number of carbonyl (C=O) groups excluding carboxylic acids is 2. The Morgan fingerprint density at radius 3 is 2.63 bits per heavy atom. The number of aryl methyl sites for hydroxylation is 1. The summed E-state index contributed by atoms with van der Waals surface area (Å²) in [6.07, 6.45) is 3.85. The first-order chi connectivity index (χ1) is 13.0. The third-order valence-electron chi connectivity index (χ3n) is 4.61. The molecule has 0 bridgehead atoms. The van der Waals surface area contributed by atoms with Crippen LogP contribution in [-0.2, 0) is 23.2 Å². The number of amides is 2. The Bertz CT molecular complexity index is 1170. The number of aromatic nitrogens is 2. The van der Waals surface area contributed by atoms with Crippen LogP contribution in [0.1, 0.15) is 6.92 Å². The van der Waals surface area contributed by atoms with Gasteiger partial charge in [-0.05, 0) is 41.8 Å². The number of nitrogens with zero attached hydrogens (tertiary/aromatic N) is 2. The highest BCUT2D eigenvalue weighted by Gasteiger charge is 2.10. The standard InChI is InChI=1S/C21H20N4O2/c1-14(26)22-18-4-3-5-19-17(18)9-11-25(19)13-21(27)23-16-7-6-15-8-10-24(2)20(15)12-16/h3-12H,13H2,1-2H3,(H,22,26)(H,23,27). The summed E-state index contributed by atoms with van der Waals surface area (Å²) in [7, 11) is 1.98. The van der Waals surface area contributed by atoms with Crippen molar-refractivity contribution in [3.05, 3.63) is 60.9 Å². The highest BCUT2D eigenvalue weighted by molar-refractivity contribution is 6.01. The lowest BCUT2D eigenvalue weighted by Gasteiger charge is -2.09. The van der Waals surface area contributed by atoms with E-state index >= 15 is 0 Å². The number of rotatable bonds is 4. The van der Waals surface area contributed by atoms with Crippen molar-refractivity contribution >= 4 is 45.0 Å². The zero-order valence-electron chi connectivity index (χ0n) is 15.2. The van der Waals surface area contributed by atoms with Crippen LogP contribution in [0.5, 0.6) is 0 Å². The Balaban J connectivity index is 1.55. The molecule has 6 heteroatoms. The minimum absolute atomic E-state index is 0.106. The van der Waals surface area contributed by atoms with Gasteiger partial charge in [-0.1, -0.05) is 12.1 Å². The molecule has 6 nitrogen and oxygen atoms in total. The van der Waals surface area contributed by atoms with Gasteiger partial charge < -0.3 is 19.8 Å². The third kappa shape index (κ3) is 3.29. The van der Waals surface area contributed by atoms with Crippen molar-refractivity contribution in [2.75, 3.05) is 10.6 Å². The van der Waals surface area contributed by atoms with E-state index in [0.717, 1.165) is 33.2 Å². The van der Waals surface area contributed by atoms with Gasteiger partial charge >= 0.3 is 0 Å². The molecule has 2 aromatic heterocycles. The van der Waals surface area contributed by atoms with Crippen LogP contribution in [0, 0.1) is 0 Å². The first-order valence-electron chi connectivity index (χ1n) is 8.71. The average Bonchev–Trinajstić information content (AvgIpc) is 3.20. The molecule has 0 spiro atoms. The summed E-state index contributed by atoms with van der Waals surface area (Å²) < 4.78 is 3.89. The van der Waals surface area contributed by atoms with Crippen LogP contribution in [0.4, 0.5) is 11.4 Å². The maximum Gasteiger partial charge on any atom is 0.244 e. The van der Waals surface area contributed by atoms with Crippen LogP contribution in [-0.4, -0.2) is 20.9 Å². The second-order valence-electron chi connectivity index (χ2n) is 6.61. The molecule has 2 N–H and O–H groups in total. The van der Waals surface area contributed by atoms with Crippen molar-refractivity contribution in [2.45, 2.75) is 13.5 Å². The van der Waals surface area contributed by atoms with Crippen LogP contribution in [0.3, 0.4) is 0 Å². The molecule has 0 unspecified atom stereocenters. The quantitative estimate of drug-likeness (QED) is 0.582. The molecular weight excluding hydrogens is 340 g/mol. The number of fused-ring (bicyclic) bond motifs is 2. The van der Waals surface area contributed by atoms with Crippen LogP contribution < -0.4 is 10.6 Å². The maximum atomic E-state index is 12.5. The molecule has 136 valence electrons. The first kappa shape index (κ1) is 16.9. The van der Waals surface area contributed by atoms with Gasteiger partial charge in [0.1, 0.15) is 6.54 Å². The van der Waals surface area contributed by atoms with Gasteiger partial charge in [-0.2, -0.15) is 0 Å². The van der Waals surface area contributed by atoms with Gasteiger partial charge in [0.25, 0.3) is 0 Å². The monoisotopic (exact) mass is 360 g/mol. The summed E-state index contributed by atoms with van der Waals surface area (Å²) in [5, 5.41) is 7.82. The van der Waals surface area contributed by atoms with Crippen LogP contribution in [0.25, 0.3) is 21.8 Å². The van der Waals surface area contributed by atoms with E-state index in [1.54, 1.807) is 0 Å². The van der Waals surface area contributed by atoms with E-state index in [9.17, 15) is 9.59 Å². The Hall–Kier alpha value is -3.54. The molecule has 0 fully saturated rings. The van der Waals surface area contributed by atoms with E-state index in [1.807, 2.05) is 77.1 Å². The Morgan fingerprint density at radius 2 is 1.81 bits per heavy atom. The molecule has 0 saturated heterocycles. The molecule has 2 amide bonds. The van der Waals surface area contributed by atoms with Gasteiger partial charge in [0, 0.05) is 43.0 Å². The lowest BCUT2D eigenvalue weighted by molar-refractivity contribution is -0.116. The van der Waals surface area contributed by atoms with Crippen molar-refractivity contribution in [1.82, 2.24) is 9.13 Å². The van der Waals surface area contributed by atoms with E-state index in [-0.39, 0.29) is 18.4 Å². The Kier molecular flexibility index (Phi) is 4.16. The maximum absolute atomic E-state index is 12.5. The summed E-state index contributed by atoms with van der Waals surface area (Å²) in [4.78, 5) is 23.9. The van der Waals surface area contributed by atoms with Crippen molar-refractivity contribution in [3.8, 4) is 0 Å². The van der Waals surface area contributed by atoms with Gasteiger partial charge in [-0.25, -0.2) is 0 Å². The second-order valence-corrected chi connectivity index (χ2v) is 6.61. The van der Waals surface area contributed by atoms with Gasteiger partial charge in [0.05, 0.1) is 11.2 Å². The average molecular weight is 360 g/mol. The predicted octanol–water partition coefficient (Wildman–Crippen LogP) is 3.73. The van der Waals surface area contributed by atoms with Gasteiger partial charge in [0.15, 0.2) is 0 Å². The summed E-state index contributed by atoms with van der Waals surface area (Å²) >= 11 is 0. The number of hydrogen-bond acceptors (Lipinski definition) is 2. The van der Waals surface area contributed by atoms with E-state index in [2.05, 4.69) is 10.6 Å². The molecule has 0 radical (unpaired) electrons. The van der Waals surface area contributed by atoms with Crippen molar-refractivity contribution in [3.63, 3.8) is 0 Å². The molecule has 0 aliphatic rings. The minimum Gasteiger partial charge on any atom is -0.350 e. The largest absolute Gasteiger partial charge is 0.350 e. The minimum atomic E-state index is -0.121. The fourth-order valence-corrected chi connectivity index (χ4v) is 3.36. The summed E-state index contributed by atoms with van der Waals surface area (Å²) in [5.74, 6) is -0.227. The number of benzene rings is 2. The normalized spacial score (nSPS) is 11.0. The van der Waals surface area contributed by atoms with E-state index in [4.69, 9.17) is 0 Å². The molecule has 0 aliphatic carbocycles. The highest BCUT2D eigenvalue weighted by atomic mass is 16.2. The van der Waals surface area contributed by atoms with Crippen molar-refractivity contribution in [2.24, 2.45) is 7.05 Å². The molecule has 4 rings (SSSR count). The topological polar surface area (TPSA) is 68.1 Å². The van der Waals surface area contributed by atoms with Gasteiger partial charge in [-0.3, -0.25) is 9.59 Å². The van der Waals surface area contributed by atoms with Crippen LogP contribution >= 0.6 is 0 Å². The van der Waals surface area contributed by atoms with Crippen molar-refractivity contribution in [1.29, 1.82) is 0 Å². The molecular formula is C21H20N4O2. The van der Waals surface area contributed by atoms with E-state index in [1.165, 1.54) is 6.92 Å². The zero-order valence-corrected chi connectivity index (χ0v) is 15.2. The van der Waals surface area contributed by atoms with Crippen LogP contribution in [0.2, 0.25) is 0 Å². The Morgan fingerprint density at radius 1 is 0.963 bits per heavy atom. The number of hydrogen-bond donors (Lipinski definition) is 2. The lowest BCUT2D eigenvalue weighted by atomic mass is 10.2. The highest BCUT2D eigenvalue weighted by Crippen LogP contribution is 2.25. The summed E-state index contributed by atoms with van der Waals surface area (Å²) in [6.45, 7) is 1.67.